The average molecular weight is 326 g/mol. The van der Waals surface area contributed by atoms with Gasteiger partial charge in [0.2, 0.25) is 0 Å². The van der Waals surface area contributed by atoms with E-state index in [-0.39, 0.29) is 5.91 Å². The highest BCUT2D eigenvalue weighted by Crippen LogP contribution is 2.20. The molecule has 0 spiro atoms. The number of anilines is 1. The van der Waals surface area contributed by atoms with E-state index in [9.17, 15) is 9.18 Å². The molecule has 0 saturated heterocycles. The molecule has 0 aliphatic heterocycles. The summed E-state index contributed by atoms with van der Waals surface area (Å²) in [5.41, 5.74) is 0.885. The zero-order valence-corrected chi connectivity index (χ0v) is 11.6. The van der Waals surface area contributed by atoms with Crippen LogP contribution in [0.25, 0.3) is 0 Å². The van der Waals surface area contributed by atoms with Crippen molar-refractivity contribution < 1.29 is 9.18 Å². The molecule has 0 aliphatic carbocycles. The molecule has 0 fully saturated rings. The molecule has 0 unspecified atom stereocenters. The van der Waals surface area contributed by atoms with Gasteiger partial charge >= 0.3 is 0 Å². The summed E-state index contributed by atoms with van der Waals surface area (Å²) < 4.78 is 13.6. The summed E-state index contributed by atoms with van der Waals surface area (Å²) in [6.07, 6.45) is 0. The van der Waals surface area contributed by atoms with Crippen molar-refractivity contribution in [3.63, 3.8) is 0 Å². The fraction of sp³-hybridized carbons (Fsp3) is 0. The van der Waals surface area contributed by atoms with E-state index in [0.29, 0.717) is 20.6 Å². The summed E-state index contributed by atoms with van der Waals surface area (Å²) in [5, 5.41) is 2.62. The number of nitrogens with one attached hydrogen (secondary N) is 1. The highest BCUT2D eigenvalue weighted by atomic mass is 79.9. The number of amides is 1. The van der Waals surface area contributed by atoms with E-state index >= 15 is 0 Å². The largest absolute Gasteiger partial charge is 0.322 e. The van der Waals surface area contributed by atoms with Gasteiger partial charge in [-0.3, -0.25) is 4.79 Å². The van der Waals surface area contributed by atoms with Gasteiger partial charge in [0, 0.05) is 16.1 Å². The third-order valence-corrected chi connectivity index (χ3v) is 3.21. The van der Waals surface area contributed by atoms with Crippen molar-refractivity contribution in [3.05, 3.63) is 58.3 Å². The summed E-state index contributed by atoms with van der Waals surface area (Å²) in [7, 11) is 0. The predicted molar refractivity (Wildman–Crippen MR) is 75.7 cm³/mol. The van der Waals surface area contributed by atoms with Crippen LogP contribution in [0.3, 0.4) is 0 Å². The first-order valence-electron chi connectivity index (χ1n) is 5.12. The monoisotopic (exact) mass is 325 g/mol. The summed E-state index contributed by atoms with van der Waals surface area (Å²) in [6.45, 7) is 0. The van der Waals surface area contributed by atoms with Gasteiger partial charge in [-0.05, 0) is 52.3 Å². The Balaban J connectivity index is 2.18. The van der Waals surface area contributed by atoms with Crippen molar-refractivity contribution in [2.75, 3.05) is 5.32 Å². The minimum atomic E-state index is -0.421. The van der Waals surface area contributed by atoms with Crippen LogP contribution < -0.4 is 5.32 Å². The van der Waals surface area contributed by atoms with E-state index in [2.05, 4.69) is 33.9 Å². The topological polar surface area (TPSA) is 29.1 Å². The SMILES string of the molecule is O=C(Nc1ccc(Br)c(F)c1)c1cccc(S)c1. The van der Waals surface area contributed by atoms with Crippen LogP contribution in [0, 0.1) is 5.82 Å². The van der Waals surface area contributed by atoms with Crippen molar-refractivity contribution >= 4 is 40.2 Å². The molecule has 1 N–H and O–H groups in total. The van der Waals surface area contributed by atoms with Gasteiger partial charge in [0.1, 0.15) is 5.82 Å². The molecule has 0 radical (unpaired) electrons. The van der Waals surface area contributed by atoms with Crippen molar-refractivity contribution in [3.8, 4) is 0 Å². The quantitative estimate of drug-likeness (QED) is 0.799. The summed E-state index contributed by atoms with van der Waals surface area (Å²) in [5.74, 6) is -0.719. The first kappa shape index (κ1) is 13.1. The molecule has 1 amide bonds. The van der Waals surface area contributed by atoms with Crippen LogP contribution in [-0.4, -0.2) is 5.91 Å². The van der Waals surface area contributed by atoms with Crippen molar-refractivity contribution in [1.29, 1.82) is 0 Å². The molecule has 2 aromatic rings. The summed E-state index contributed by atoms with van der Waals surface area (Å²) in [4.78, 5) is 12.6. The first-order chi connectivity index (χ1) is 8.56. The highest BCUT2D eigenvalue weighted by Gasteiger charge is 2.07. The maximum atomic E-state index is 13.3. The van der Waals surface area contributed by atoms with Gasteiger partial charge in [-0.15, -0.1) is 12.6 Å². The number of rotatable bonds is 2. The fourth-order valence-corrected chi connectivity index (χ4v) is 1.90. The molecule has 0 heterocycles. The number of hydrogen-bond acceptors (Lipinski definition) is 2. The molecule has 0 aliphatic rings. The van der Waals surface area contributed by atoms with E-state index in [4.69, 9.17) is 0 Å². The number of benzene rings is 2. The Morgan fingerprint density at radius 1 is 1.22 bits per heavy atom. The standard InChI is InChI=1S/C13H9BrFNOS/c14-11-5-4-9(7-12(11)15)16-13(17)8-2-1-3-10(18)6-8/h1-7,18H,(H,16,17). The number of carbonyl (C=O) groups is 1. The van der Waals surface area contributed by atoms with E-state index in [1.54, 1.807) is 36.4 Å². The minimum absolute atomic E-state index is 0.298. The second-order valence-electron chi connectivity index (χ2n) is 3.63. The Bertz CT molecular complexity index is 603. The number of halogens is 2. The summed E-state index contributed by atoms with van der Waals surface area (Å²) in [6, 6.07) is 11.2. The lowest BCUT2D eigenvalue weighted by molar-refractivity contribution is 0.102. The van der Waals surface area contributed by atoms with Gasteiger partial charge in [-0.25, -0.2) is 4.39 Å². The number of carbonyl (C=O) groups excluding carboxylic acids is 1. The van der Waals surface area contributed by atoms with Gasteiger partial charge in [-0.1, -0.05) is 6.07 Å². The molecule has 2 rings (SSSR count). The Labute approximate surface area is 118 Å². The number of thiol groups is 1. The zero-order chi connectivity index (χ0) is 13.1. The second-order valence-corrected chi connectivity index (χ2v) is 5.00. The van der Waals surface area contributed by atoms with E-state index in [1.165, 1.54) is 6.07 Å². The third kappa shape index (κ3) is 3.11. The van der Waals surface area contributed by atoms with Crippen LogP contribution in [0.2, 0.25) is 0 Å². The van der Waals surface area contributed by atoms with E-state index in [1.807, 2.05) is 0 Å². The molecule has 92 valence electrons. The Kier molecular flexibility index (Phi) is 4.04. The molecular weight excluding hydrogens is 317 g/mol. The molecule has 18 heavy (non-hydrogen) atoms. The Morgan fingerprint density at radius 2 is 2.00 bits per heavy atom. The lowest BCUT2D eigenvalue weighted by atomic mass is 10.2. The molecule has 5 heteroatoms. The molecule has 2 aromatic carbocycles. The smallest absolute Gasteiger partial charge is 0.255 e. The van der Waals surface area contributed by atoms with Crippen molar-refractivity contribution in [2.45, 2.75) is 4.90 Å². The normalized spacial score (nSPS) is 10.2. The molecular formula is C13H9BrFNOS. The third-order valence-electron chi connectivity index (χ3n) is 2.29. The van der Waals surface area contributed by atoms with Crippen molar-refractivity contribution in [1.82, 2.24) is 0 Å². The zero-order valence-electron chi connectivity index (χ0n) is 9.15. The van der Waals surface area contributed by atoms with Gasteiger partial charge in [0.05, 0.1) is 4.47 Å². The molecule has 0 bridgehead atoms. The lowest BCUT2D eigenvalue weighted by Crippen LogP contribution is -2.11. The van der Waals surface area contributed by atoms with Crippen LogP contribution in [0.5, 0.6) is 0 Å². The van der Waals surface area contributed by atoms with Gasteiger partial charge < -0.3 is 5.32 Å². The lowest BCUT2D eigenvalue weighted by Gasteiger charge is -2.06. The van der Waals surface area contributed by atoms with E-state index < -0.39 is 5.82 Å². The van der Waals surface area contributed by atoms with Crippen LogP contribution in [0.15, 0.2) is 51.8 Å². The Morgan fingerprint density at radius 3 is 2.67 bits per heavy atom. The van der Waals surface area contributed by atoms with Crippen molar-refractivity contribution in [2.24, 2.45) is 0 Å². The predicted octanol–water partition coefficient (Wildman–Crippen LogP) is 4.13. The second kappa shape index (κ2) is 5.54. The molecule has 0 atom stereocenters. The fourth-order valence-electron chi connectivity index (χ4n) is 1.42. The van der Waals surface area contributed by atoms with Gasteiger partial charge in [0.15, 0.2) is 0 Å². The average Bonchev–Trinajstić information content (AvgIpc) is 2.34. The van der Waals surface area contributed by atoms with Crippen LogP contribution in [0.4, 0.5) is 10.1 Å². The number of hydrogen-bond donors (Lipinski definition) is 2. The molecule has 0 aromatic heterocycles. The maximum absolute atomic E-state index is 13.3. The molecule has 0 saturated carbocycles. The minimum Gasteiger partial charge on any atom is -0.322 e. The van der Waals surface area contributed by atoms with E-state index in [0.717, 1.165) is 0 Å². The Hall–Kier alpha value is -1.33. The van der Waals surface area contributed by atoms with Gasteiger partial charge in [-0.2, -0.15) is 0 Å². The van der Waals surface area contributed by atoms with Crippen LogP contribution in [0.1, 0.15) is 10.4 Å². The summed E-state index contributed by atoms with van der Waals surface area (Å²) >= 11 is 7.21. The first-order valence-corrected chi connectivity index (χ1v) is 6.36. The molecule has 2 nitrogen and oxygen atoms in total. The van der Waals surface area contributed by atoms with Gasteiger partial charge in [0.25, 0.3) is 5.91 Å². The van der Waals surface area contributed by atoms with Crippen LogP contribution in [-0.2, 0) is 0 Å². The highest BCUT2D eigenvalue weighted by molar-refractivity contribution is 9.10. The van der Waals surface area contributed by atoms with Crippen LogP contribution >= 0.6 is 28.6 Å². The maximum Gasteiger partial charge on any atom is 0.255 e.